The molecule has 2 aromatic rings. The summed E-state index contributed by atoms with van der Waals surface area (Å²) in [5.41, 5.74) is 1.19. The summed E-state index contributed by atoms with van der Waals surface area (Å²) in [6.45, 7) is 0.148. The van der Waals surface area contributed by atoms with Crippen LogP contribution in [0.3, 0.4) is 0 Å². The van der Waals surface area contributed by atoms with Gasteiger partial charge in [0, 0.05) is 30.0 Å². The van der Waals surface area contributed by atoms with Gasteiger partial charge in [-0.15, -0.1) is 0 Å². The SMILES string of the molecule is CN(CC(=O)Nc1ccccc1Br)C(=O)CCNC(=O)c1ccccc1. The van der Waals surface area contributed by atoms with Crippen LogP contribution in [0.15, 0.2) is 59.1 Å². The van der Waals surface area contributed by atoms with Gasteiger partial charge in [-0.1, -0.05) is 30.3 Å². The number of likely N-dealkylation sites (N-methyl/N-ethyl adjacent to an activating group) is 1. The Morgan fingerprint density at radius 3 is 2.35 bits per heavy atom. The number of carbonyl (C=O) groups excluding carboxylic acids is 3. The van der Waals surface area contributed by atoms with E-state index in [9.17, 15) is 14.4 Å². The van der Waals surface area contributed by atoms with E-state index in [0.29, 0.717) is 11.3 Å². The molecular formula is C19H20BrN3O3. The van der Waals surface area contributed by atoms with Gasteiger partial charge in [0.05, 0.1) is 12.2 Å². The summed E-state index contributed by atoms with van der Waals surface area (Å²) in [7, 11) is 1.56. The molecule has 0 spiro atoms. The number of nitrogens with zero attached hydrogens (tertiary/aromatic N) is 1. The Balaban J connectivity index is 1.74. The molecule has 0 aliphatic rings. The lowest BCUT2D eigenvalue weighted by molar-refractivity contribution is -0.133. The molecule has 0 aliphatic carbocycles. The molecular weight excluding hydrogens is 398 g/mol. The summed E-state index contributed by atoms with van der Waals surface area (Å²) < 4.78 is 0.769. The first kappa shape index (κ1) is 19.7. The molecule has 0 unspecified atom stereocenters. The van der Waals surface area contributed by atoms with E-state index in [1.54, 1.807) is 37.4 Å². The van der Waals surface area contributed by atoms with E-state index in [1.807, 2.05) is 24.3 Å². The van der Waals surface area contributed by atoms with Gasteiger partial charge in [0.2, 0.25) is 11.8 Å². The first-order chi connectivity index (χ1) is 12.5. The van der Waals surface area contributed by atoms with Crippen LogP contribution in [0.2, 0.25) is 0 Å². The lowest BCUT2D eigenvalue weighted by Gasteiger charge is -2.17. The molecule has 0 aromatic heterocycles. The van der Waals surface area contributed by atoms with Crippen molar-refractivity contribution >= 4 is 39.3 Å². The van der Waals surface area contributed by atoms with Crippen LogP contribution in [0.25, 0.3) is 0 Å². The molecule has 2 N–H and O–H groups in total. The number of anilines is 1. The van der Waals surface area contributed by atoms with Gasteiger partial charge in [-0.25, -0.2) is 0 Å². The number of halogens is 1. The van der Waals surface area contributed by atoms with Gasteiger partial charge in [0.1, 0.15) is 0 Å². The Bertz CT molecular complexity index is 781. The van der Waals surface area contributed by atoms with Crippen LogP contribution in [0.5, 0.6) is 0 Å². The zero-order chi connectivity index (χ0) is 18.9. The monoisotopic (exact) mass is 417 g/mol. The lowest BCUT2D eigenvalue weighted by Crippen LogP contribution is -2.37. The van der Waals surface area contributed by atoms with Crippen molar-refractivity contribution in [3.8, 4) is 0 Å². The van der Waals surface area contributed by atoms with Gasteiger partial charge < -0.3 is 15.5 Å². The quantitative estimate of drug-likeness (QED) is 0.726. The highest BCUT2D eigenvalue weighted by molar-refractivity contribution is 9.10. The molecule has 0 saturated carbocycles. The maximum Gasteiger partial charge on any atom is 0.251 e. The van der Waals surface area contributed by atoms with E-state index < -0.39 is 0 Å². The van der Waals surface area contributed by atoms with Crippen molar-refractivity contribution in [1.82, 2.24) is 10.2 Å². The number of amides is 3. The molecule has 0 bridgehead atoms. The number of hydrogen-bond donors (Lipinski definition) is 2. The number of carbonyl (C=O) groups is 3. The highest BCUT2D eigenvalue weighted by Gasteiger charge is 2.14. The van der Waals surface area contributed by atoms with E-state index in [4.69, 9.17) is 0 Å². The Kier molecular flexibility index (Phi) is 7.35. The van der Waals surface area contributed by atoms with E-state index in [-0.39, 0.29) is 37.2 Å². The molecule has 0 atom stereocenters. The lowest BCUT2D eigenvalue weighted by atomic mass is 10.2. The highest BCUT2D eigenvalue weighted by Crippen LogP contribution is 2.20. The fourth-order valence-corrected chi connectivity index (χ4v) is 2.61. The van der Waals surface area contributed by atoms with Crippen LogP contribution < -0.4 is 10.6 Å². The van der Waals surface area contributed by atoms with Crippen molar-refractivity contribution in [3.63, 3.8) is 0 Å². The zero-order valence-electron chi connectivity index (χ0n) is 14.4. The molecule has 2 rings (SSSR count). The molecule has 3 amide bonds. The predicted octanol–water partition coefficient (Wildman–Crippen LogP) is 2.67. The van der Waals surface area contributed by atoms with Gasteiger partial charge in [0.15, 0.2) is 0 Å². The minimum absolute atomic E-state index is 0.0627. The van der Waals surface area contributed by atoms with Crippen LogP contribution in [0.4, 0.5) is 5.69 Å². The Morgan fingerprint density at radius 1 is 1.00 bits per heavy atom. The third kappa shape index (κ3) is 6.00. The van der Waals surface area contributed by atoms with Crippen molar-refractivity contribution < 1.29 is 14.4 Å². The smallest absolute Gasteiger partial charge is 0.251 e. The zero-order valence-corrected chi connectivity index (χ0v) is 16.0. The summed E-state index contributed by atoms with van der Waals surface area (Å²) in [6.07, 6.45) is 0.122. The van der Waals surface area contributed by atoms with Crippen LogP contribution in [-0.4, -0.2) is 42.8 Å². The average molecular weight is 418 g/mol. The van der Waals surface area contributed by atoms with E-state index in [2.05, 4.69) is 26.6 Å². The molecule has 136 valence electrons. The van der Waals surface area contributed by atoms with Crippen molar-refractivity contribution in [2.75, 3.05) is 25.5 Å². The highest BCUT2D eigenvalue weighted by atomic mass is 79.9. The molecule has 6 nitrogen and oxygen atoms in total. The topological polar surface area (TPSA) is 78.5 Å². The molecule has 0 saturated heterocycles. The normalized spacial score (nSPS) is 10.1. The first-order valence-electron chi connectivity index (χ1n) is 8.09. The Hall–Kier alpha value is -2.67. The van der Waals surface area contributed by atoms with E-state index >= 15 is 0 Å². The molecule has 26 heavy (non-hydrogen) atoms. The second-order valence-corrected chi connectivity index (χ2v) is 6.50. The number of para-hydroxylation sites is 1. The molecule has 0 heterocycles. The minimum atomic E-state index is -0.291. The number of rotatable bonds is 7. The van der Waals surface area contributed by atoms with Crippen LogP contribution in [0.1, 0.15) is 16.8 Å². The van der Waals surface area contributed by atoms with Crippen molar-refractivity contribution in [3.05, 3.63) is 64.6 Å². The fourth-order valence-electron chi connectivity index (χ4n) is 2.22. The third-order valence-electron chi connectivity index (χ3n) is 3.61. The van der Waals surface area contributed by atoms with Gasteiger partial charge in [-0.2, -0.15) is 0 Å². The summed E-state index contributed by atoms with van der Waals surface area (Å²) >= 11 is 3.35. The van der Waals surface area contributed by atoms with Crippen LogP contribution in [-0.2, 0) is 9.59 Å². The average Bonchev–Trinajstić information content (AvgIpc) is 2.64. The van der Waals surface area contributed by atoms with Crippen molar-refractivity contribution in [2.24, 2.45) is 0 Å². The minimum Gasteiger partial charge on any atom is -0.352 e. The summed E-state index contributed by atoms with van der Waals surface area (Å²) in [4.78, 5) is 37.4. The molecule has 0 aliphatic heterocycles. The third-order valence-corrected chi connectivity index (χ3v) is 4.31. The second-order valence-electron chi connectivity index (χ2n) is 5.65. The predicted molar refractivity (Wildman–Crippen MR) is 104 cm³/mol. The Labute approximate surface area is 160 Å². The number of nitrogens with one attached hydrogen (secondary N) is 2. The fraction of sp³-hybridized carbons (Fsp3) is 0.211. The summed E-state index contributed by atoms with van der Waals surface area (Å²) in [5.74, 6) is -0.741. The largest absolute Gasteiger partial charge is 0.352 e. The van der Waals surface area contributed by atoms with Crippen LogP contribution in [0, 0.1) is 0 Å². The molecule has 0 fully saturated rings. The summed E-state index contributed by atoms with van der Waals surface area (Å²) in [5, 5.41) is 5.43. The van der Waals surface area contributed by atoms with Crippen molar-refractivity contribution in [2.45, 2.75) is 6.42 Å². The summed E-state index contributed by atoms with van der Waals surface area (Å²) in [6, 6.07) is 16.0. The molecule has 7 heteroatoms. The van der Waals surface area contributed by atoms with E-state index in [1.165, 1.54) is 4.90 Å². The molecule has 0 radical (unpaired) electrons. The number of benzene rings is 2. The maximum atomic E-state index is 12.1. The number of hydrogen-bond acceptors (Lipinski definition) is 3. The first-order valence-corrected chi connectivity index (χ1v) is 8.88. The molecule has 2 aromatic carbocycles. The standard InChI is InChI=1S/C19H20BrN3O3/c1-23(13-17(24)22-16-10-6-5-9-15(16)20)18(25)11-12-21-19(26)14-7-3-2-4-8-14/h2-10H,11-13H2,1H3,(H,21,26)(H,22,24). The Morgan fingerprint density at radius 2 is 1.65 bits per heavy atom. The van der Waals surface area contributed by atoms with Gasteiger partial charge >= 0.3 is 0 Å². The van der Waals surface area contributed by atoms with Crippen molar-refractivity contribution in [1.29, 1.82) is 0 Å². The maximum absolute atomic E-state index is 12.1. The van der Waals surface area contributed by atoms with Gasteiger partial charge in [0.25, 0.3) is 5.91 Å². The van der Waals surface area contributed by atoms with E-state index in [0.717, 1.165) is 4.47 Å². The second kappa shape index (κ2) is 9.72. The van der Waals surface area contributed by atoms with Crippen LogP contribution >= 0.6 is 15.9 Å². The van der Waals surface area contributed by atoms with Gasteiger partial charge in [-0.05, 0) is 40.2 Å². The van der Waals surface area contributed by atoms with Gasteiger partial charge in [-0.3, -0.25) is 14.4 Å².